The third-order valence-corrected chi connectivity index (χ3v) is 2.51. The molecule has 0 fully saturated rings. The quantitative estimate of drug-likeness (QED) is 0.617. The second-order valence-corrected chi connectivity index (χ2v) is 3.98. The number of halogens is 2. The molecule has 0 radical (unpaired) electrons. The second kappa shape index (κ2) is 8.79. The van der Waals surface area contributed by atoms with Crippen molar-refractivity contribution in [3.63, 3.8) is 0 Å². The van der Waals surface area contributed by atoms with Gasteiger partial charge in [-0.05, 0) is 5.92 Å². The number of rotatable bonds is 9. The minimum absolute atomic E-state index is 0.132. The highest BCUT2D eigenvalue weighted by atomic mass is 19.3. The van der Waals surface area contributed by atoms with Crippen LogP contribution in [0.25, 0.3) is 0 Å². The minimum Gasteiger partial charge on any atom is -0.480 e. The van der Waals surface area contributed by atoms with Crippen LogP contribution in [0.3, 0.4) is 0 Å². The first-order chi connectivity index (χ1) is 8.38. The third-order valence-electron chi connectivity index (χ3n) is 2.51. The molecule has 0 aliphatic heterocycles. The van der Waals surface area contributed by atoms with E-state index >= 15 is 0 Å². The summed E-state index contributed by atoms with van der Waals surface area (Å²) in [4.78, 5) is 22.3. The van der Waals surface area contributed by atoms with E-state index in [0.717, 1.165) is 0 Å². The maximum absolute atomic E-state index is 11.7. The van der Waals surface area contributed by atoms with E-state index in [-0.39, 0.29) is 18.9 Å². The van der Waals surface area contributed by atoms with E-state index < -0.39 is 31.0 Å². The molecule has 2 atom stereocenters. The fourth-order valence-corrected chi connectivity index (χ4v) is 1.27. The minimum atomic E-state index is -2.57. The molecule has 0 spiro atoms. The molecule has 2 N–H and O–H groups in total. The number of carboxylic acids is 1. The van der Waals surface area contributed by atoms with Gasteiger partial charge in [-0.15, -0.1) is 0 Å². The SMILES string of the molecule is CCC(C)[C@H](NC(=O)CCOCC(F)F)C(=O)O. The van der Waals surface area contributed by atoms with Crippen LogP contribution in [0.1, 0.15) is 26.7 Å². The molecule has 1 unspecified atom stereocenters. The Morgan fingerprint density at radius 3 is 2.44 bits per heavy atom. The first kappa shape index (κ1) is 16.8. The average molecular weight is 267 g/mol. The van der Waals surface area contributed by atoms with Crippen molar-refractivity contribution in [2.75, 3.05) is 13.2 Å². The molecular formula is C11H19F2NO4. The third kappa shape index (κ3) is 7.16. The maximum atomic E-state index is 11.7. The molecule has 0 rings (SSSR count). The largest absolute Gasteiger partial charge is 0.480 e. The zero-order valence-electron chi connectivity index (χ0n) is 10.5. The molecule has 0 saturated heterocycles. The van der Waals surface area contributed by atoms with E-state index in [1.165, 1.54) is 0 Å². The van der Waals surface area contributed by atoms with E-state index in [2.05, 4.69) is 10.1 Å². The predicted molar refractivity (Wildman–Crippen MR) is 60.5 cm³/mol. The van der Waals surface area contributed by atoms with Crippen molar-refractivity contribution in [3.05, 3.63) is 0 Å². The highest BCUT2D eigenvalue weighted by Crippen LogP contribution is 2.08. The summed E-state index contributed by atoms with van der Waals surface area (Å²) in [7, 11) is 0. The van der Waals surface area contributed by atoms with Gasteiger partial charge in [-0.1, -0.05) is 20.3 Å². The Hall–Kier alpha value is -1.24. The van der Waals surface area contributed by atoms with E-state index in [9.17, 15) is 18.4 Å². The van der Waals surface area contributed by atoms with Gasteiger partial charge in [0.25, 0.3) is 6.43 Å². The van der Waals surface area contributed by atoms with Crippen LogP contribution in [-0.2, 0) is 14.3 Å². The number of hydrogen-bond donors (Lipinski definition) is 2. The molecule has 7 heteroatoms. The van der Waals surface area contributed by atoms with Gasteiger partial charge >= 0.3 is 5.97 Å². The molecular weight excluding hydrogens is 248 g/mol. The summed E-state index contributed by atoms with van der Waals surface area (Å²) >= 11 is 0. The molecule has 0 aliphatic carbocycles. The number of alkyl halides is 2. The van der Waals surface area contributed by atoms with Crippen molar-refractivity contribution in [1.29, 1.82) is 0 Å². The smallest absolute Gasteiger partial charge is 0.326 e. The van der Waals surface area contributed by atoms with Gasteiger partial charge in [0.2, 0.25) is 5.91 Å². The summed E-state index contributed by atoms with van der Waals surface area (Å²) in [6.07, 6.45) is -2.09. The van der Waals surface area contributed by atoms with Crippen LogP contribution >= 0.6 is 0 Å². The summed E-state index contributed by atoms with van der Waals surface area (Å²) < 4.78 is 28.0. The monoisotopic (exact) mass is 267 g/mol. The topological polar surface area (TPSA) is 75.6 Å². The highest BCUT2D eigenvalue weighted by Gasteiger charge is 2.24. The van der Waals surface area contributed by atoms with Crippen LogP contribution in [-0.4, -0.2) is 42.7 Å². The lowest BCUT2D eigenvalue weighted by atomic mass is 9.99. The zero-order chi connectivity index (χ0) is 14.1. The van der Waals surface area contributed by atoms with Crippen molar-refractivity contribution in [1.82, 2.24) is 5.32 Å². The van der Waals surface area contributed by atoms with Crippen LogP contribution < -0.4 is 5.32 Å². The summed E-state index contributed by atoms with van der Waals surface area (Å²) in [5.41, 5.74) is 0. The molecule has 0 saturated carbocycles. The fraction of sp³-hybridized carbons (Fsp3) is 0.818. The van der Waals surface area contributed by atoms with Crippen LogP contribution in [0.15, 0.2) is 0 Å². The molecule has 106 valence electrons. The van der Waals surface area contributed by atoms with Crippen molar-refractivity contribution >= 4 is 11.9 Å². The predicted octanol–water partition coefficient (Wildman–Crippen LogP) is 1.27. The van der Waals surface area contributed by atoms with Crippen molar-refractivity contribution in [2.24, 2.45) is 5.92 Å². The number of nitrogens with one attached hydrogen (secondary N) is 1. The number of carboxylic acid groups (broad SMARTS) is 1. The molecule has 0 aromatic carbocycles. The van der Waals surface area contributed by atoms with Gasteiger partial charge in [0.1, 0.15) is 12.6 Å². The Labute approximate surface area is 105 Å². The van der Waals surface area contributed by atoms with E-state index in [4.69, 9.17) is 5.11 Å². The van der Waals surface area contributed by atoms with E-state index in [1.54, 1.807) is 6.92 Å². The average Bonchev–Trinajstić information content (AvgIpc) is 2.30. The standard InChI is InChI=1S/C11H19F2NO4/c1-3-7(2)10(11(16)17)14-9(15)4-5-18-6-8(12)13/h7-8,10H,3-6H2,1-2H3,(H,14,15)(H,16,17)/t7?,10-/m0/s1. The van der Waals surface area contributed by atoms with Gasteiger partial charge in [0.05, 0.1) is 6.61 Å². The number of aliphatic carboxylic acids is 1. The highest BCUT2D eigenvalue weighted by molar-refractivity contribution is 5.83. The lowest BCUT2D eigenvalue weighted by molar-refractivity contribution is -0.143. The Kier molecular flexibility index (Phi) is 8.19. The van der Waals surface area contributed by atoms with E-state index in [0.29, 0.717) is 6.42 Å². The van der Waals surface area contributed by atoms with Crippen molar-refractivity contribution in [3.8, 4) is 0 Å². The fourth-order valence-electron chi connectivity index (χ4n) is 1.27. The van der Waals surface area contributed by atoms with Gasteiger partial charge in [-0.2, -0.15) is 0 Å². The summed E-state index contributed by atoms with van der Waals surface area (Å²) in [5, 5.41) is 11.3. The Morgan fingerprint density at radius 1 is 1.39 bits per heavy atom. The summed E-state index contributed by atoms with van der Waals surface area (Å²) in [5.74, 6) is -1.82. The summed E-state index contributed by atoms with van der Waals surface area (Å²) in [6, 6.07) is -0.961. The number of carbonyl (C=O) groups is 2. The maximum Gasteiger partial charge on any atom is 0.326 e. The van der Waals surface area contributed by atoms with Gasteiger partial charge in [-0.25, -0.2) is 13.6 Å². The number of amides is 1. The van der Waals surface area contributed by atoms with Crippen LogP contribution in [0.4, 0.5) is 8.78 Å². The Morgan fingerprint density at radius 2 is 2.00 bits per heavy atom. The molecule has 0 heterocycles. The van der Waals surface area contributed by atoms with Gasteiger partial charge in [0, 0.05) is 6.42 Å². The molecule has 18 heavy (non-hydrogen) atoms. The molecule has 5 nitrogen and oxygen atoms in total. The van der Waals surface area contributed by atoms with Crippen LogP contribution in [0.5, 0.6) is 0 Å². The first-order valence-electron chi connectivity index (χ1n) is 5.76. The van der Waals surface area contributed by atoms with Gasteiger partial charge in [0.15, 0.2) is 0 Å². The molecule has 0 aromatic heterocycles. The molecule has 0 aliphatic rings. The second-order valence-electron chi connectivity index (χ2n) is 3.98. The van der Waals surface area contributed by atoms with Crippen LogP contribution in [0.2, 0.25) is 0 Å². The molecule has 1 amide bonds. The number of ether oxygens (including phenoxy) is 1. The van der Waals surface area contributed by atoms with Crippen molar-refractivity contribution in [2.45, 2.75) is 39.2 Å². The molecule has 0 aromatic rings. The first-order valence-corrected chi connectivity index (χ1v) is 5.76. The normalized spacial score (nSPS) is 14.3. The summed E-state index contributed by atoms with van der Waals surface area (Å²) in [6.45, 7) is 2.66. The van der Waals surface area contributed by atoms with Crippen LogP contribution in [0, 0.1) is 5.92 Å². The lowest BCUT2D eigenvalue weighted by Crippen LogP contribution is -2.45. The van der Waals surface area contributed by atoms with Crippen molar-refractivity contribution < 1.29 is 28.2 Å². The number of hydrogen-bond acceptors (Lipinski definition) is 3. The lowest BCUT2D eigenvalue weighted by Gasteiger charge is -2.20. The Balaban J connectivity index is 4.00. The van der Waals surface area contributed by atoms with E-state index in [1.807, 2.05) is 6.92 Å². The van der Waals surface area contributed by atoms with Gasteiger partial charge in [-0.3, -0.25) is 4.79 Å². The molecule has 0 bridgehead atoms. The zero-order valence-corrected chi connectivity index (χ0v) is 10.5. The van der Waals surface area contributed by atoms with Gasteiger partial charge < -0.3 is 15.2 Å². The number of carbonyl (C=O) groups excluding carboxylic acids is 1. The Bertz CT molecular complexity index is 274.